The van der Waals surface area contributed by atoms with Crippen molar-refractivity contribution < 1.29 is 19.1 Å². The van der Waals surface area contributed by atoms with Gasteiger partial charge in [-0.3, -0.25) is 9.59 Å². The molecule has 3 atom stereocenters. The summed E-state index contributed by atoms with van der Waals surface area (Å²) in [5, 5.41) is 0. The number of ketones is 2. The third-order valence-electron chi connectivity index (χ3n) is 5.67. The smallest absolute Gasteiger partial charge is 0.164 e. The van der Waals surface area contributed by atoms with Gasteiger partial charge in [-0.2, -0.15) is 0 Å². The molecule has 0 spiro atoms. The van der Waals surface area contributed by atoms with E-state index < -0.39 is 17.3 Å². The van der Waals surface area contributed by atoms with Crippen molar-refractivity contribution in [3.05, 3.63) is 0 Å². The van der Waals surface area contributed by atoms with Crippen molar-refractivity contribution in [1.82, 2.24) is 0 Å². The summed E-state index contributed by atoms with van der Waals surface area (Å²) in [4.78, 5) is 25.8. The Bertz CT molecular complexity index is 516. The molecule has 2 rings (SSSR count). The Labute approximate surface area is 146 Å². The monoisotopic (exact) mass is 338 g/mol. The Morgan fingerprint density at radius 2 is 1.75 bits per heavy atom. The number of Topliss-reactive ketones (excluding diaryl/α,β-unsaturated/α-hetero) is 2. The first kappa shape index (κ1) is 19.6. The summed E-state index contributed by atoms with van der Waals surface area (Å²) in [6.07, 6.45) is 2.22. The summed E-state index contributed by atoms with van der Waals surface area (Å²) >= 11 is 0. The Balaban J connectivity index is 2.18. The highest BCUT2D eigenvalue weighted by molar-refractivity contribution is 6.05. The van der Waals surface area contributed by atoms with Crippen molar-refractivity contribution in [1.29, 1.82) is 0 Å². The average molecular weight is 338 g/mol. The summed E-state index contributed by atoms with van der Waals surface area (Å²) < 4.78 is 12.0. The Kier molecular flexibility index (Phi) is 5.06. The predicted octanol–water partition coefficient (Wildman–Crippen LogP) is 4.15. The second-order valence-electron chi connectivity index (χ2n) is 9.56. The summed E-state index contributed by atoms with van der Waals surface area (Å²) in [6, 6.07) is 0. The lowest BCUT2D eigenvalue weighted by Gasteiger charge is -2.41. The number of rotatable bonds is 4. The second-order valence-corrected chi connectivity index (χ2v) is 9.56. The van der Waals surface area contributed by atoms with Gasteiger partial charge in [0.1, 0.15) is 11.6 Å². The Morgan fingerprint density at radius 1 is 1.17 bits per heavy atom. The Hall–Kier alpha value is -0.740. The van der Waals surface area contributed by atoms with Crippen molar-refractivity contribution in [3.8, 4) is 0 Å². The van der Waals surface area contributed by atoms with E-state index in [0.717, 1.165) is 12.8 Å². The fourth-order valence-electron chi connectivity index (χ4n) is 4.34. The van der Waals surface area contributed by atoms with Crippen molar-refractivity contribution in [3.63, 3.8) is 0 Å². The molecule has 138 valence electrons. The van der Waals surface area contributed by atoms with Gasteiger partial charge in [0.15, 0.2) is 5.79 Å². The fraction of sp³-hybridized carbons (Fsp3) is 0.900. The normalized spacial score (nSPS) is 34.5. The summed E-state index contributed by atoms with van der Waals surface area (Å²) in [6.45, 7) is 15.7. The predicted molar refractivity (Wildman–Crippen MR) is 93.6 cm³/mol. The van der Waals surface area contributed by atoms with E-state index in [-0.39, 0.29) is 34.9 Å². The van der Waals surface area contributed by atoms with Crippen LogP contribution in [0.2, 0.25) is 0 Å². The largest absolute Gasteiger partial charge is 0.344 e. The second kappa shape index (κ2) is 6.21. The molecule has 4 heteroatoms. The molecule has 1 aliphatic heterocycles. The average Bonchev–Trinajstić information content (AvgIpc) is 2.59. The van der Waals surface area contributed by atoms with Gasteiger partial charge >= 0.3 is 0 Å². The van der Waals surface area contributed by atoms with Gasteiger partial charge in [-0.15, -0.1) is 0 Å². The topological polar surface area (TPSA) is 52.6 Å². The minimum absolute atomic E-state index is 0.0814. The summed E-state index contributed by atoms with van der Waals surface area (Å²) in [7, 11) is 0. The summed E-state index contributed by atoms with van der Waals surface area (Å²) in [5.41, 5.74) is -0.676. The minimum atomic E-state index is -0.627. The molecule has 1 heterocycles. The van der Waals surface area contributed by atoms with E-state index in [1.54, 1.807) is 0 Å². The molecule has 1 aliphatic carbocycles. The molecule has 2 fully saturated rings. The standard InChI is InChI=1S/C20H34O4/c1-12(2)16(21)15-17(22)13(9-10-18(15,3)4)11-14-19(5,6)24-20(7,8)23-14/h12-15H,9-11H2,1-8H3/t13-,14+,15+/m0/s1. The van der Waals surface area contributed by atoms with E-state index >= 15 is 0 Å². The lowest BCUT2D eigenvalue weighted by atomic mass is 9.61. The van der Waals surface area contributed by atoms with E-state index in [9.17, 15) is 9.59 Å². The van der Waals surface area contributed by atoms with Gasteiger partial charge in [-0.05, 0) is 52.4 Å². The van der Waals surface area contributed by atoms with Gasteiger partial charge in [0.05, 0.1) is 17.6 Å². The molecule has 0 aromatic rings. The maximum Gasteiger partial charge on any atom is 0.164 e. The molecular formula is C20H34O4. The number of carbonyl (C=O) groups excluding carboxylic acids is 2. The zero-order chi connectivity index (χ0) is 18.5. The highest BCUT2D eigenvalue weighted by atomic mass is 16.8. The van der Waals surface area contributed by atoms with Crippen LogP contribution in [-0.4, -0.2) is 29.1 Å². The van der Waals surface area contributed by atoms with Gasteiger partial charge in [-0.1, -0.05) is 27.7 Å². The first-order valence-corrected chi connectivity index (χ1v) is 9.22. The zero-order valence-corrected chi connectivity index (χ0v) is 16.6. The van der Waals surface area contributed by atoms with E-state index in [2.05, 4.69) is 0 Å². The van der Waals surface area contributed by atoms with Gasteiger partial charge in [0.25, 0.3) is 0 Å². The fourth-order valence-corrected chi connectivity index (χ4v) is 4.34. The van der Waals surface area contributed by atoms with Crippen LogP contribution in [0.25, 0.3) is 0 Å². The Morgan fingerprint density at radius 3 is 2.21 bits per heavy atom. The molecule has 0 bridgehead atoms. The quantitative estimate of drug-likeness (QED) is 0.723. The molecule has 4 nitrogen and oxygen atoms in total. The molecular weight excluding hydrogens is 304 g/mol. The number of hydrogen-bond donors (Lipinski definition) is 0. The highest BCUT2D eigenvalue weighted by Gasteiger charge is 2.52. The first-order valence-electron chi connectivity index (χ1n) is 9.22. The van der Waals surface area contributed by atoms with E-state index in [1.807, 2.05) is 55.4 Å². The van der Waals surface area contributed by atoms with Crippen molar-refractivity contribution in [2.24, 2.45) is 23.2 Å². The van der Waals surface area contributed by atoms with Crippen molar-refractivity contribution in [2.45, 2.75) is 92.1 Å². The van der Waals surface area contributed by atoms with Crippen molar-refractivity contribution in [2.75, 3.05) is 0 Å². The molecule has 0 radical (unpaired) electrons. The van der Waals surface area contributed by atoms with E-state index in [0.29, 0.717) is 6.42 Å². The molecule has 0 N–H and O–H groups in total. The van der Waals surface area contributed by atoms with E-state index in [4.69, 9.17) is 9.47 Å². The van der Waals surface area contributed by atoms with Crippen LogP contribution in [0.3, 0.4) is 0 Å². The van der Waals surface area contributed by atoms with Gasteiger partial charge < -0.3 is 9.47 Å². The van der Waals surface area contributed by atoms with Crippen LogP contribution in [0.5, 0.6) is 0 Å². The van der Waals surface area contributed by atoms with Crippen LogP contribution < -0.4 is 0 Å². The molecule has 0 aromatic heterocycles. The summed E-state index contributed by atoms with van der Waals surface area (Å²) in [5.74, 6) is -1.16. The minimum Gasteiger partial charge on any atom is -0.344 e. The van der Waals surface area contributed by atoms with Crippen LogP contribution >= 0.6 is 0 Å². The molecule has 24 heavy (non-hydrogen) atoms. The highest BCUT2D eigenvalue weighted by Crippen LogP contribution is 2.46. The number of carbonyl (C=O) groups is 2. The molecule has 2 aliphatic rings. The molecule has 0 aromatic carbocycles. The third-order valence-corrected chi connectivity index (χ3v) is 5.67. The SMILES string of the molecule is CC(C)C(=O)[C@@H]1C(=O)[C@H](C[C@H]2OC(C)(C)OC2(C)C)CCC1(C)C. The number of hydrogen-bond acceptors (Lipinski definition) is 4. The third kappa shape index (κ3) is 3.75. The lowest BCUT2D eigenvalue weighted by molar-refractivity contribution is -0.159. The first-order chi connectivity index (χ1) is 10.8. The maximum atomic E-state index is 13.1. The molecule has 1 saturated carbocycles. The maximum absolute atomic E-state index is 13.1. The van der Waals surface area contributed by atoms with Crippen molar-refractivity contribution >= 4 is 11.6 Å². The van der Waals surface area contributed by atoms with Crippen LogP contribution in [0, 0.1) is 23.2 Å². The molecule has 0 unspecified atom stereocenters. The van der Waals surface area contributed by atoms with Gasteiger partial charge in [0, 0.05) is 11.8 Å². The molecule has 0 amide bonds. The number of ether oxygens (including phenoxy) is 2. The molecule has 1 saturated heterocycles. The van der Waals surface area contributed by atoms with E-state index in [1.165, 1.54) is 0 Å². The van der Waals surface area contributed by atoms with Gasteiger partial charge in [-0.25, -0.2) is 0 Å². The van der Waals surface area contributed by atoms with Crippen LogP contribution in [0.15, 0.2) is 0 Å². The van der Waals surface area contributed by atoms with Crippen LogP contribution in [-0.2, 0) is 19.1 Å². The lowest BCUT2D eigenvalue weighted by Crippen LogP contribution is -2.48. The van der Waals surface area contributed by atoms with Crippen LogP contribution in [0.4, 0.5) is 0 Å². The van der Waals surface area contributed by atoms with Gasteiger partial charge in [0.2, 0.25) is 0 Å². The van der Waals surface area contributed by atoms with Crippen LogP contribution in [0.1, 0.15) is 74.7 Å². The zero-order valence-electron chi connectivity index (χ0n) is 16.6.